The third kappa shape index (κ3) is 3.98. The van der Waals surface area contributed by atoms with Crippen molar-refractivity contribution in [2.45, 2.75) is 31.7 Å². The summed E-state index contributed by atoms with van der Waals surface area (Å²) in [4.78, 5) is 10.8. The van der Waals surface area contributed by atoms with Gasteiger partial charge in [0.25, 0.3) is 0 Å². The molecule has 3 heterocycles. The van der Waals surface area contributed by atoms with E-state index in [1.54, 1.807) is 6.33 Å². The molecule has 7 nitrogen and oxygen atoms in total. The van der Waals surface area contributed by atoms with Gasteiger partial charge in [-0.3, -0.25) is 4.68 Å². The molecule has 0 saturated carbocycles. The first-order valence-corrected chi connectivity index (χ1v) is 8.17. The lowest BCUT2D eigenvalue weighted by atomic mass is 10.2. The minimum atomic E-state index is 0.178. The number of aliphatic hydroxyl groups is 1. The Labute approximate surface area is 136 Å². The maximum Gasteiger partial charge on any atom is 0.134 e. The predicted molar refractivity (Wildman–Crippen MR) is 89.5 cm³/mol. The first kappa shape index (κ1) is 15.7. The van der Waals surface area contributed by atoms with Crippen LogP contribution in [0.1, 0.15) is 24.8 Å². The van der Waals surface area contributed by atoms with E-state index in [4.69, 9.17) is 0 Å². The quantitative estimate of drug-likeness (QED) is 0.748. The molecule has 0 aliphatic carbocycles. The van der Waals surface area contributed by atoms with Crippen molar-refractivity contribution < 1.29 is 5.11 Å². The number of hydrogen-bond acceptors (Lipinski definition) is 6. The van der Waals surface area contributed by atoms with Crippen molar-refractivity contribution in [2.75, 3.05) is 29.9 Å². The van der Waals surface area contributed by atoms with E-state index in [9.17, 15) is 5.11 Å². The van der Waals surface area contributed by atoms with Gasteiger partial charge in [-0.2, -0.15) is 5.10 Å². The zero-order chi connectivity index (χ0) is 16.1. The Kier molecular flexibility index (Phi) is 5.07. The van der Waals surface area contributed by atoms with E-state index in [0.717, 1.165) is 50.4 Å². The van der Waals surface area contributed by atoms with Crippen LogP contribution in [0.4, 0.5) is 11.6 Å². The van der Waals surface area contributed by atoms with Gasteiger partial charge in [-0.25, -0.2) is 9.97 Å². The number of aromatic nitrogens is 4. The highest BCUT2D eigenvalue weighted by atomic mass is 16.3. The molecule has 1 saturated heterocycles. The maximum absolute atomic E-state index is 9.44. The molecule has 2 aromatic rings. The van der Waals surface area contributed by atoms with Crippen molar-refractivity contribution in [3.8, 4) is 0 Å². The van der Waals surface area contributed by atoms with Crippen LogP contribution in [0.25, 0.3) is 0 Å². The number of hydrogen-bond donors (Lipinski definition) is 2. The van der Waals surface area contributed by atoms with Crippen LogP contribution in [0.5, 0.6) is 0 Å². The van der Waals surface area contributed by atoms with Gasteiger partial charge in [0.15, 0.2) is 0 Å². The van der Waals surface area contributed by atoms with Gasteiger partial charge in [-0.1, -0.05) is 0 Å². The van der Waals surface area contributed by atoms with E-state index >= 15 is 0 Å². The van der Waals surface area contributed by atoms with Gasteiger partial charge in [-0.15, -0.1) is 0 Å². The fourth-order valence-electron chi connectivity index (χ4n) is 3.04. The van der Waals surface area contributed by atoms with Crippen LogP contribution in [0, 0.1) is 0 Å². The van der Waals surface area contributed by atoms with E-state index in [1.165, 1.54) is 5.56 Å². The van der Waals surface area contributed by atoms with Gasteiger partial charge in [0.1, 0.15) is 18.0 Å². The molecule has 0 aromatic carbocycles. The summed E-state index contributed by atoms with van der Waals surface area (Å²) in [5.41, 5.74) is 1.25. The Balaban J connectivity index is 1.51. The van der Waals surface area contributed by atoms with E-state index in [2.05, 4.69) is 25.3 Å². The van der Waals surface area contributed by atoms with Gasteiger partial charge < -0.3 is 15.3 Å². The number of rotatable bonds is 7. The van der Waals surface area contributed by atoms with Crippen LogP contribution in [0.2, 0.25) is 0 Å². The Hall–Kier alpha value is -2.15. The monoisotopic (exact) mass is 316 g/mol. The summed E-state index contributed by atoms with van der Waals surface area (Å²) in [7, 11) is 1.93. The molecule has 2 N–H and O–H groups in total. The minimum absolute atomic E-state index is 0.178. The molecule has 1 aliphatic heterocycles. The molecule has 7 heteroatoms. The lowest BCUT2D eigenvalue weighted by Crippen LogP contribution is -2.32. The lowest BCUT2D eigenvalue weighted by Gasteiger charge is -2.24. The van der Waals surface area contributed by atoms with Crippen molar-refractivity contribution in [3.05, 3.63) is 30.4 Å². The summed E-state index contributed by atoms with van der Waals surface area (Å²) in [6.07, 6.45) is 9.69. The van der Waals surface area contributed by atoms with Gasteiger partial charge >= 0.3 is 0 Å². The summed E-state index contributed by atoms with van der Waals surface area (Å²) in [6.45, 7) is 1.98. The number of nitrogens with one attached hydrogen (secondary N) is 1. The van der Waals surface area contributed by atoms with Crippen molar-refractivity contribution in [1.29, 1.82) is 0 Å². The maximum atomic E-state index is 9.44. The van der Waals surface area contributed by atoms with E-state index < -0.39 is 0 Å². The molecular formula is C16H24N6O. The summed E-state index contributed by atoms with van der Waals surface area (Å²) in [5.74, 6) is 1.73. The number of aliphatic hydroxyl groups excluding tert-OH is 1. The van der Waals surface area contributed by atoms with Crippen molar-refractivity contribution >= 4 is 11.6 Å². The smallest absolute Gasteiger partial charge is 0.134 e. The Morgan fingerprint density at radius 3 is 3.09 bits per heavy atom. The molecule has 0 spiro atoms. The molecule has 23 heavy (non-hydrogen) atoms. The van der Waals surface area contributed by atoms with Crippen molar-refractivity contribution in [2.24, 2.45) is 7.05 Å². The number of anilines is 2. The molecule has 1 atom stereocenters. The first-order valence-electron chi connectivity index (χ1n) is 8.17. The Morgan fingerprint density at radius 1 is 1.39 bits per heavy atom. The van der Waals surface area contributed by atoms with Crippen LogP contribution < -0.4 is 10.2 Å². The Bertz CT molecular complexity index is 629. The summed E-state index contributed by atoms with van der Waals surface area (Å²) in [5, 5.41) is 17.0. The van der Waals surface area contributed by atoms with Crippen LogP contribution >= 0.6 is 0 Å². The third-order valence-corrected chi connectivity index (χ3v) is 4.24. The SMILES string of the molecule is Cn1cc(CCCNc2cc(N3CCC[C@H]3CO)ncn2)cn1. The highest BCUT2D eigenvalue weighted by molar-refractivity contribution is 5.49. The van der Waals surface area contributed by atoms with E-state index in [-0.39, 0.29) is 12.6 Å². The molecule has 0 radical (unpaired) electrons. The van der Waals surface area contributed by atoms with Gasteiger partial charge in [0.05, 0.1) is 18.8 Å². The number of nitrogens with zero attached hydrogens (tertiary/aromatic N) is 5. The number of aryl methyl sites for hydroxylation is 2. The standard InChI is InChI=1S/C16H24N6O/c1-21-10-13(9-20-21)4-2-6-17-15-8-16(19-12-18-15)22-7-3-5-14(22)11-23/h8-10,12,14,23H,2-7,11H2,1H3,(H,17,18,19)/t14-/m0/s1. The molecule has 0 unspecified atom stereocenters. The fraction of sp³-hybridized carbons (Fsp3) is 0.562. The molecule has 3 rings (SSSR count). The van der Waals surface area contributed by atoms with Crippen LogP contribution in [0.15, 0.2) is 24.8 Å². The Morgan fingerprint density at radius 2 is 2.30 bits per heavy atom. The molecule has 1 aliphatic rings. The second-order valence-electron chi connectivity index (χ2n) is 5.99. The highest BCUT2D eigenvalue weighted by Crippen LogP contribution is 2.24. The fourth-order valence-corrected chi connectivity index (χ4v) is 3.04. The summed E-state index contributed by atoms with van der Waals surface area (Å²) >= 11 is 0. The molecular weight excluding hydrogens is 292 g/mol. The average Bonchev–Trinajstić information content (AvgIpc) is 3.20. The summed E-state index contributed by atoms with van der Waals surface area (Å²) < 4.78 is 1.83. The van der Waals surface area contributed by atoms with Crippen LogP contribution in [0.3, 0.4) is 0 Å². The minimum Gasteiger partial charge on any atom is -0.394 e. The average molecular weight is 316 g/mol. The normalized spacial score (nSPS) is 17.7. The molecule has 2 aromatic heterocycles. The molecule has 1 fully saturated rings. The molecule has 124 valence electrons. The van der Waals surface area contributed by atoms with E-state index in [0.29, 0.717) is 0 Å². The van der Waals surface area contributed by atoms with E-state index in [1.807, 2.05) is 30.2 Å². The van der Waals surface area contributed by atoms with Crippen molar-refractivity contribution in [3.63, 3.8) is 0 Å². The zero-order valence-electron chi connectivity index (χ0n) is 13.5. The first-order chi connectivity index (χ1) is 11.3. The molecule has 0 amide bonds. The topological polar surface area (TPSA) is 79.1 Å². The largest absolute Gasteiger partial charge is 0.394 e. The van der Waals surface area contributed by atoms with Gasteiger partial charge in [0, 0.05) is 32.4 Å². The van der Waals surface area contributed by atoms with Gasteiger partial charge in [0.2, 0.25) is 0 Å². The van der Waals surface area contributed by atoms with Crippen molar-refractivity contribution in [1.82, 2.24) is 19.7 Å². The van der Waals surface area contributed by atoms with Gasteiger partial charge in [-0.05, 0) is 31.2 Å². The third-order valence-electron chi connectivity index (χ3n) is 4.24. The molecule has 0 bridgehead atoms. The second kappa shape index (κ2) is 7.41. The predicted octanol–water partition coefficient (Wildman–Crippen LogP) is 1.22. The second-order valence-corrected chi connectivity index (χ2v) is 5.99. The zero-order valence-corrected chi connectivity index (χ0v) is 13.5. The van der Waals surface area contributed by atoms with Crippen LogP contribution in [-0.4, -0.2) is 50.6 Å². The lowest BCUT2D eigenvalue weighted by molar-refractivity contribution is 0.266. The highest BCUT2D eigenvalue weighted by Gasteiger charge is 2.25. The summed E-state index contributed by atoms with van der Waals surface area (Å²) in [6, 6.07) is 2.15. The van der Waals surface area contributed by atoms with Crippen LogP contribution in [-0.2, 0) is 13.5 Å².